The van der Waals surface area contributed by atoms with Gasteiger partial charge in [-0.3, -0.25) is 4.79 Å². The van der Waals surface area contributed by atoms with E-state index >= 15 is 0 Å². The van der Waals surface area contributed by atoms with Gasteiger partial charge in [-0.05, 0) is 117 Å². The minimum Gasteiger partial charge on any atom is -0.456 e. The van der Waals surface area contributed by atoms with E-state index in [2.05, 4.69) is 147 Å². The molecular weight excluding hydrogens is 753 g/mol. The molecule has 9 aromatic rings. The van der Waals surface area contributed by atoms with Crippen molar-refractivity contribution in [2.24, 2.45) is 0 Å². The fourth-order valence-electron chi connectivity index (χ4n) is 10.5. The molecule has 8 aromatic carbocycles. The van der Waals surface area contributed by atoms with Gasteiger partial charge in [-0.15, -0.1) is 0 Å². The number of nitrogens with zero attached hydrogens (tertiary/aromatic N) is 2. The van der Waals surface area contributed by atoms with Crippen LogP contribution >= 0.6 is 0 Å². The summed E-state index contributed by atoms with van der Waals surface area (Å²) in [6.07, 6.45) is 0. The first kappa shape index (κ1) is 34.3. The predicted molar refractivity (Wildman–Crippen MR) is 245 cm³/mol. The summed E-state index contributed by atoms with van der Waals surface area (Å²) in [6, 6.07) is 54.3. The molecule has 0 saturated heterocycles. The van der Waals surface area contributed by atoms with Gasteiger partial charge in [0.2, 0.25) is 5.43 Å². The molecular formula is C55H38N2O4. The topological polar surface area (TPSA) is 55.2 Å². The van der Waals surface area contributed by atoms with Crippen molar-refractivity contribution in [3.8, 4) is 45.3 Å². The highest BCUT2D eigenvalue weighted by atomic mass is 16.5. The highest BCUT2D eigenvalue weighted by Gasteiger charge is 2.43. The third-order valence-electron chi connectivity index (χ3n) is 13.6. The summed E-state index contributed by atoms with van der Waals surface area (Å²) in [5, 5.41) is 1.05. The molecule has 0 radical (unpaired) electrons. The molecule has 0 aliphatic carbocycles. The number of hydrogen-bond donors (Lipinski definition) is 0. The van der Waals surface area contributed by atoms with Crippen LogP contribution in [0.25, 0.3) is 44.2 Å². The summed E-state index contributed by atoms with van der Waals surface area (Å²) in [5.41, 5.74) is 15.8. The second kappa shape index (κ2) is 11.8. The van der Waals surface area contributed by atoms with E-state index in [1.807, 2.05) is 48.5 Å². The van der Waals surface area contributed by atoms with Crippen LogP contribution in [0, 0.1) is 0 Å². The van der Waals surface area contributed by atoms with Gasteiger partial charge in [-0.1, -0.05) is 113 Å². The first-order chi connectivity index (χ1) is 29.6. The number of hydrogen-bond acceptors (Lipinski definition) is 6. The fourth-order valence-corrected chi connectivity index (χ4v) is 10.5. The van der Waals surface area contributed by atoms with E-state index in [9.17, 15) is 4.79 Å². The van der Waals surface area contributed by atoms with Crippen LogP contribution in [0.4, 0.5) is 34.1 Å². The Morgan fingerprint density at radius 1 is 0.393 bits per heavy atom. The quantitative estimate of drug-likeness (QED) is 0.163. The SMILES string of the molecule is CC1(C)c2ccccc2N2c3ccc(-c4ccc5oc6ccc(-c7ccc8c(c7)Oc7cccc9c7N8c7ccccc7C9(C)C)cc6c(=O)c5c4)cc3Oc3cccc1c32. The smallest absolute Gasteiger partial charge is 0.200 e. The second-order valence-electron chi connectivity index (χ2n) is 17.7. The number of ether oxygens (including phenoxy) is 2. The van der Waals surface area contributed by atoms with Crippen LogP contribution in [0.3, 0.4) is 0 Å². The van der Waals surface area contributed by atoms with Crippen molar-refractivity contribution in [2.75, 3.05) is 9.80 Å². The zero-order valence-electron chi connectivity index (χ0n) is 34.0. The number of fused-ring (bicyclic) bond motifs is 10. The summed E-state index contributed by atoms with van der Waals surface area (Å²) < 4.78 is 19.8. The highest BCUT2D eigenvalue weighted by Crippen LogP contribution is 2.61. The van der Waals surface area contributed by atoms with Gasteiger partial charge < -0.3 is 23.7 Å². The minimum absolute atomic E-state index is 0.0774. The number of rotatable bonds is 2. The lowest BCUT2D eigenvalue weighted by Gasteiger charge is -2.44. The molecule has 0 unspecified atom stereocenters. The Morgan fingerprint density at radius 2 is 0.803 bits per heavy atom. The predicted octanol–water partition coefficient (Wildman–Crippen LogP) is 14.7. The lowest BCUT2D eigenvalue weighted by molar-refractivity contribution is 0.471. The monoisotopic (exact) mass is 790 g/mol. The maximum Gasteiger partial charge on any atom is 0.200 e. The molecule has 6 heteroatoms. The second-order valence-corrected chi connectivity index (χ2v) is 17.7. The standard InChI is InChI=1S/C55H38N2O4/c1-54(2)37-11-5-7-15-41(37)56-43-23-19-33(29-49(43)60-47-17-9-13-39(54)51(47)56)31-21-25-45-35(27-31)53(58)36-28-32(22-26-46(36)59-45)34-20-24-44-50(30-34)61-48-18-10-14-40-52(48)57(44)42-16-8-6-12-38(42)55(40,3)4/h5-30H,1-4H3. The van der Waals surface area contributed by atoms with Crippen LogP contribution in [-0.4, -0.2) is 0 Å². The van der Waals surface area contributed by atoms with Gasteiger partial charge in [-0.2, -0.15) is 0 Å². The van der Waals surface area contributed by atoms with Gasteiger partial charge in [0, 0.05) is 10.8 Å². The van der Waals surface area contributed by atoms with Crippen LogP contribution in [0.2, 0.25) is 0 Å². The Hall–Kier alpha value is -7.57. The van der Waals surface area contributed by atoms with E-state index in [0.717, 1.165) is 79.4 Å². The van der Waals surface area contributed by atoms with Crippen LogP contribution in [0.1, 0.15) is 49.9 Å². The average Bonchev–Trinajstić information content (AvgIpc) is 3.28. The van der Waals surface area contributed by atoms with E-state index in [4.69, 9.17) is 13.9 Å². The fraction of sp³-hybridized carbons (Fsp3) is 0.109. The molecule has 4 aliphatic heterocycles. The molecule has 1 aromatic heterocycles. The molecule has 0 amide bonds. The summed E-state index contributed by atoms with van der Waals surface area (Å²) in [5.74, 6) is 3.18. The third kappa shape index (κ3) is 4.59. The molecule has 292 valence electrons. The maximum absolute atomic E-state index is 14.5. The van der Waals surface area contributed by atoms with Gasteiger partial charge in [0.25, 0.3) is 0 Å². The molecule has 0 saturated carbocycles. The van der Waals surface area contributed by atoms with E-state index in [0.29, 0.717) is 21.9 Å². The number of benzene rings is 8. The first-order valence-corrected chi connectivity index (χ1v) is 20.9. The Morgan fingerprint density at radius 3 is 1.28 bits per heavy atom. The van der Waals surface area contributed by atoms with Gasteiger partial charge >= 0.3 is 0 Å². The third-order valence-corrected chi connectivity index (χ3v) is 13.6. The van der Waals surface area contributed by atoms with Gasteiger partial charge in [0.1, 0.15) is 11.2 Å². The summed E-state index contributed by atoms with van der Waals surface area (Å²) in [7, 11) is 0. The van der Waals surface area contributed by atoms with Crippen LogP contribution < -0.4 is 24.7 Å². The zero-order chi connectivity index (χ0) is 40.9. The highest BCUT2D eigenvalue weighted by molar-refractivity contribution is 5.98. The molecule has 13 rings (SSSR count). The maximum atomic E-state index is 14.5. The van der Waals surface area contributed by atoms with Gasteiger partial charge in [0.15, 0.2) is 23.0 Å². The van der Waals surface area contributed by atoms with Gasteiger partial charge in [0.05, 0.1) is 44.9 Å². The van der Waals surface area contributed by atoms with Crippen molar-refractivity contribution in [1.29, 1.82) is 0 Å². The summed E-state index contributed by atoms with van der Waals surface area (Å²) in [6.45, 7) is 9.12. The van der Waals surface area contributed by atoms with Crippen LogP contribution in [0.5, 0.6) is 23.0 Å². The van der Waals surface area contributed by atoms with Crippen LogP contribution in [0.15, 0.2) is 167 Å². The molecule has 0 atom stereocenters. The minimum atomic E-state index is -0.179. The van der Waals surface area contributed by atoms with Gasteiger partial charge in [-0.25, -0.2) is 0 Å². The lowest BCUT2D eigenvalue weighted by Crippen LogP contribution is -2.32. The van der Waals surface area contributed by atoms with E-state index in [1.54, 1.807) is 0 Å². The molecule has 0 bridgehead atoms. The first-order valence-electron chi connectivity index (χ1n) is 20.9. The van der Waals surface area contributed by atoms with Crippen molar-refractivity contribution in [1.82, 2.24) is 0 Å². The summed E-state index contributed by atoms with van der Waals surface area (Å²) >= 11 is 0. The molecule has 0 N–H and O–H groups in total. The number of anilines is 6. The molecule has 5 heterocycles. The number of para-hydroxylation sites is 4. The Kier molecular flexibility index (Phi) is 6.63. The van der Waals surface area contributed by atoms with Crippen molar-refractivity contribution in [3.63, 3.8) is 0 Å². The molecule has 0 spiro atoms. The van der Waals surface area contributed by atoms with Crippen molar-refractivity contribution in [3.05, 3.63) is 190 Å². The Bertz CT molecular complexity index is 3260. The van der Waals surface area contributed by atoms with E-state index < -0.39 is 0 Å². The Labute approximate surface area is 352 Å². The lowest BCUT2D eigenvalue weighted by atomic mass is 9.73. The molecule has 6 nitrogen and oxygen atoms in total. The van der Waals surface area contributed by atoms with Crippen molar-refractivity contribution < 1.29 is 13.9 Å². The van der Waals surface area contributed by atoms with Crippen molar-refractivity contribution in [2.45, 2.75) is 38.5 Å². The van der Waals surface area contributed by atoms with Crippen molar-refractivity contribution >= 4 is 56.1 Å². The normalized spacial score (nSPS) is 15.4. The van der Waals surface area contributed by atoms with E-state index in [1.165, 1.54) is 22.3 Å². The molecule has 0 fully saturated rings. The Balaban J connectivity index is 0.882. The molecule has 4 aliphatic rings. The largest absolute Gasteiger partial charge is 0.456 e. The van der Waals surface area contributed by atoms with Crippen LogP contribution in [-0.2, 0) is 10.8 Å². The zero-order valence-corrected chi connectivity index (χ0v) is 34.0. The molecule has 61 heavy (non-hydrogen) atoms. The average molecular weight is 791 g/mol. The van der Waals surface area contributed by atoms with E-state index in [-0.39, 0.29) is 16.3 Å². The summed E-state index contributed by atoms with van der Waals surface area (Å²) in [4.78, 5) is 19.1.